The van der Waals surface area contributed by atoms with E-state index in [1.54, 1.807) is 22.9 Å². The first-order valence-corrected chi connectivity index (χ1v) is 6.38. The summed E-state index contributed by atoms with van der Waals surface area (Å²) in [7, 11) is 0. The molecule has 2 aromatic rings. The zero-order valence-electron chi connectivity index (χ0n) is 9.72. The number of aromatic nitrogens is 2. The molecule has 0 saturated heterocycles. The number of hydrogen-bond donors (Lipinski definition) is 2. The van der Waals surface area contributed by atoms with Gasteiger partial charge in [-0.05, 0) is 5.56 Å². The van der Waals surface area contributed by atoms with Crippen LogP contribution in [0.3, 0.4) is 0 Å². The number of rotatable bonds is 3. The molecule has 98 valence electrons. The Balaban J connectivity index is 2.15. The normalized spacial score (nSPS) is 10.2. The third kappa shape index (κ3) is 3.31. The molecule has 0 atom stereocenters. The van der Waals surface area contributed by atoms with E-state index in [1.165, 1.54) is 6.20 Å². The van der Waals surface area contributed by atoms with Crippen LogP contribution < -0.4 is 16.6 Å². The van der Waals surface area contributed by atoms with Crippen LogP contribution in [-0.2, 0) is 6.54 Å². The number of hydrogen-bond acceptors (Lipinski definition) is 3. The second kappa shape index (κ2) is 5.83. The number of halogens is 1. The van der Waals surface area contributed by atoms with Gasteiger partial charge in [0, 0.05) is 12.7 Å². The molecule has 0 aliphatic carbocycles. The van der Waals surface area contributed by atoms with Crippen LogP contribution in [0.4, 0.5) is 0 Å². The average Bonchev–Trinajstić information content (AvgIpc) is 2.41. The van der Waals surface area contributed by atoms with Crippen LogP contribution in [0.5, 0.6) is 0 Å². The van der Waals surface area contributed by atoms with E-state index in [2.05, 4.69) is 10.3 Å². The number of carbonyl (C=O) groups excluding carboxylic acids is 1. The van der Waals surface area contributed by atoms with Crippen molar-refractivity contribution in [3.8, 4) is 0 Å². The van der Waals surface area contributed by atoms with Crippen LogP contribution in [0.15, 0.2) is 46.1 Å². The Bertz CT molecular complexity index is 706. The Morgan fingerprint density at radius 2 is 1.95 bits per heavy atom. The summed E-state index contributed by atoms with van der Waals surface area (Å²) in [6, 6.07) is 9.33. The van der Waals surface area contributed by atoms with E-state index in [-0.39, 0.29) is 5.56 Å². The van der Waals surface area contributed by atoms with Crippen molar-refractivity contribution in [3.63, 3.8) is 0 Å². The second-order valence-corrected chi connectivity index (χ2v) is 4.82. The molecule has 0 spiro atoms. The summed E-state index contributed by atoms with van der Waals surface area (Å²) in [4.78, 5) is 36.6. The molecule has 2 rings (SSSR count). The molecule has 0 saturated carbocycles. The predicted octanol–water partition coefficient (Wildman–Crippen LogP) is 0.665. The fourth-order valence-electron chi connectivity index (χ4n) is 1.48. The Kier molecular flexibility index (Phi) is 4.15. The van der Waals surface area contributed by atoms with E-state index in [4.69, 9.17) is 0 Å². The SMILES string of the molecule is O=C(NCc1ccccc1)c1cn(I)c(=O)[nH]c1=O. The van der Waals surface area contributed by atoms with Crippen LogP contribution in [-0.4, -0.2) is 13.7 Å². The van der Waals surface area contributed by atoms with Crippen LogP contribution >= 0.6 is 22.9 Å². The molecule has 0 radical (unpaired) electrons. The van der Waals surface area contributed by atoms with Crippen LogP contribution in [0, 0.1) is 0 Å². The minimum absolute atomic E-state index is 0.0927. The highest BCUT2D eigenvalue weighted by molar-refractivity contribution is 14.1. The number of aromatic amines is 1. The number of nitrogens with zero attached hydrogens (tertiary/aromatic N) is 1. The average molecular weight is 371 g/mol. The van der Waals surface area contributed by atoms with Gasteiger partial charge in [-0.1, -0.05) is 30.3 Å². The van der Waals surface area contributed by atoms with Crippen molar-refractivity contribution in [1.82, 2.24) is 13.1 Å². The Morgan fingerprint density at radius 3 is 2.63 bits per heavy atom. The molecule has 0 unspecified atom stereocenters. The van der Waals surface area contributed by atoms with Gasteiger partial charge >= 0.3 is 5.69 Å². The molecular formula is C12H10IN3O3. The van der Waals surface area contributed by atoms with Gasteiger partial charge in [0.1, 0.15) is 5.56 Å². The Labute approximate surface area is 122 Å². The lowest BCUT2D eigenvalue weighted by molar-refractivity contribution is 0.0949. The van der Waals surface area contributed by atoms with Gasteiger partial charge in [0.15, 0.2) is 0 Å². The molecule has 0 aliphatic heterocycles. The molecule has 1 aromatic carbocycles. The second-order valence-electron chi connectivity index (χ2n) is 3.78. The topological polar surface area (TPSA) is 84.0 Å². The van der Waals surface area contributed by atoms with Gasteiger partial charge in [-0.15, -0.1) is 0 Å². The summed E-state index contributed by atoms with van der Waals surface area (Å²) in [6.45, 7) is 0.319. The predicted molar refractivity (Wildman–Crippen MR) is 78.4 cm³/mol. The molecule has 1 amide bonds. The summed E-state index contributed by atoms with van der Waals surface area (Å²) in [5.74, 6) is -0.518. The van der Waals surface area contributed by atoms with Gasteiger partial charge in [-0.2, -0.15) is 0 Å². The maximum atomic E-state index is 11.9. The standard InChI is InChI=1S/C12H10IN3O3/c13-16-7-9(11(18)15-12(16)19)10(17)14-6-8-4-2-1-3-5-8/h1-5,7H,6H2,(H,14,17)(H,15,18,19). The van der Waals surface area contributed by atoms with E-state index in [0.717, 1.165) is 8.34 Å². The first kappa shape index (κ1) is 13.5. The first-order chi connectivity index (χ1) is 9.08. The van der Waals surface area contributed by atoms with Crippen molar-refractivity contribution in [2.75, 3.05) is 0 Å². The lowest BCUT2D eigenvalue weighted by Gasteiger charge is -2.05. The number of carbonyl (C=O) groups is 1. The molecule has 0 aliphatic rings. The summed E-state index contributed by atoms with van der Waals surface area (Å²) in [5, 5.41) is 2.63. The van der Waals surface area contributed by atoms with Gasteiger partial charge in [0.25, 0.3) is 11.5 Å². The fraction of sp³-hybridized carbons (Fsp3) is 0.0833. The van der Waals surface area contributed by atoms with Crippen molar-refractivity contribution in [2.24, 2.45) is 0 Å². The Hall–Kier alpha value is -1.90. The highest BCUT2D eigenvalue weighted by atomic mass is 127. The number of H-pyrrole nitrogens is 1. The van der Waals surface area contributed by atoms with E-state index in [1.807, 2.05) is 30.3 Å². The van der Waals surface area contributed by atoms with Crippen LogP contribution in [0.25, 0.3) is 0 Å². The monoisotopic (exact) mass is 371 g/mol. The molecule has 2 N–H and O–H groups in total. The van der Waals surface area contributed by atoms with Crippen LogP contribution in [0.1, 0.15) is 15.9 Å². The molecule has 1 heterocycles. The minimum atomic E-state index is -0.691. The van der Waals surface area contributed by atoms with Gasteiger partial charge in [-0.3, -0.25) is 14.6 Å². The van der Waals surface area contributed by atoms with Gasteiger partial charge in [-0.25, -0.2) is 7.58 Å². The molecule has 7 heteroatoms. The number of nitrogens with one attached hydrogen (secondary N) is 2. The number of benzene rings is 1. The molecule has 0 bridgehead atoms. The summed E-state index contributed by atoms with van der Waals surface area (Å²) in [6.07, 6.45) is 1.21. The maximum absolute atomic E-state index is 11.9. The van der Waals surface area contributed by atoms with Crippen molar-refractivity contribution in [3.05, 3.63) is 68.5 Å². The smallest absolute Gasteiger partial charge is 0.337 e. The van der Waals surface area contributed by atoms with E-state index in [0.29, 0.717) is 6.54 Å². The first-order valence-electron chi connectivity index (χ1n) is 5.42. The number of amides is 1. The molecule has 0 fully saturated rings. The third-order valence-corrected chi connectivity index (χ3v) is 3.16. The molecule has 19 heavy (non-hydrogen) atoms. The minimum Gasteiger partial charge on any atom is -0.348 e. The highest BCUT2D eigenvalue weighted by Crippen LogP contribution is 1.98. The van der Waals surface area contributed by atoms with E-state index >= 15 is 0 Å². The zero-order valence-corrected chi connectivity index (χ0v) is 11.9. The highest BCUT2D eigenvalue weighted by Gasteiger charge is 2.12. The largest absolute Gasteiger partial charge is 0.348 e. The molecular weight excluding hydrogens is 361 g/mol. The fourth-order valence-corrected chi connectivity index (χ4v) is 1.88. The van der Waals surface area contributed by atoms with Crippen molar-refractivity contribution >= 4 is 28.8 Å². The van der Waals surface area contributed by atoms with Crippen molar-refractivity contribution in [2.45, 2.75) is 6.54 Å². The lowest BCUT2D eigenvalue weighted by Crippen LogP contribution is -2.34. The van der Waals surface area contributed by atoms with Crippen molar-refractivity contribution in [1.29, 1.82) is 0 Å². The molecule has 6 nitrogen and oxygen atoms in total. The lowest BCUT2D eigenvalue weighted by atomic mass is 10.2. The van der Waals surface area contributed by atoms with Crippen molar-refractivity contribution < 1.29 is 4.79 Å². The maximum Gasteiger partial charge on any atom is 0.337 e. The van der Waals surface area contributed by atoms with E-state index < -0.39 is 17.2 Å². The molecule has 1 aromatic heterocycles. The summed E-state index contributed by atoms with van der Waals surface area (Å²) in [5.41, 5.74) is -0.423. The van der Waals surface area contributed by atoms with Gasteiger partial charge in [0.2, 0.25) is 0 Å². The van der Waals surface area contributed by atoms with E-state index in [9.17, 15) is 14.4 Å². The Morgan fingerprint density at radius 1 is 1.26 bits per heavy atom. The third-order valence-electron chi connectivity index (χ3n) is 2.44. The van der Waals surface area contributed by atoms with Crippen LogP contribution in [0.2, 0.25) is 0 Å². The van der Waals surface area contributed by atoms with Gasteiger partial charge in [0.05, 0.1) is 22.9 Å². The summed E-state index contributed by atoms with van der Waals surface area (Å²) < 4.78 is 1.12. The zero-order chi connectivity index (χ0) is 13.8. The summed E-state index contributed by atoms with van der Waals surface area (Å²) >= 11 is 1.69. The quantitative estimate of drug-likeness (QED) is 0.778. The van der Waals surface area contributed by atoms with Gasteiger partial charge < -0.3 is 5.32 Å².